The highest BCUT2D eigenvalue weighted by atomic mass is 32.2. The molecule has 1 saturated heterocycles. The van der Waals surface area contributed by atoms with Crippen LogP contribution in [0.1, 0.15) is 68.2 Å². The summed E-state index contributed by atoms with van der Waals surface area (Å²) in [7, 11) is -0.679. The molecule has 9 heteroatoms. The molecule has 1 N–H and O–H groups in total. The van der Waals surface area contributed by atoms with Crippen LogP contribution in [0.5, 0.6) is 0 Å². The van der Waals surface area contributed by atoms with Gasteiger partial charge in [0.25, 0.3) is 0 Å². The number of thiazole rings is 1. The van der Waals surface area contributed by atoms with Crippen LogP contribution in [0.2, 0.25) is 0 Å². The van der Waals surface area contributed by atoms with E-state index in [2.05, 4.69) is 46.4 Å². The number of amides is 1. The van der Waals surface area contributed by atoms with Crippen LogP contribution in [0.4, 0.5) is 5.13 Å². The number of anilines is 1. The van der Waals surface area contributed by atoms with Crippen LogP contribution in [-0.4, -0.2) is 62.1 Å². The molecule has 0 bridgehead atoms. The van der Waals surface area contributed by atoms with Crippen molar-refractivity contribution in [3.63, 3.8) is 0 Å². The lowest BCUT2D eigenvalue weighted by Gasteiger charge is -2.28. The first-order valence-electron chi connectivity index (χ1n) is 13.3. The summed E-state index contributed by atoms with van der Waals surface area (Å²) in [6, 6.07) is 8.55. The number of nitrogens with zero attached hydrogens (tertiary/aromatic N) is 2. The molecular weight excluding hydrogens is 511 g/mol. The second kappa shape index (κ2) is 12.5. The number of thioether (sulfide) groups is 1. The Bertz CT molecular complexity index is 1020. The van der Waals surface area contributed by atoms with Gasteiger partial charge in [-0.05, 0) is 49.8 Å². The van der Waals surface area contributed by atoms with Crippen molar-refractivity contribution in [3.05, 3.63) is 40.9 Å². The van der Waals surface area contributed by atoms with Crippen molar-refractivity contribution >= 4 is 44.9 Å². The third-order valence-electron chi connectivity index (χ3n) is 7.23. The molecule has 2 atom stereocenters. The first kappa shape index (κ1) is 26.4. The Labute approximate surface area is 225 Å². The first-order chi connectivity index (χ1) is 17.6. The second-order valence-corrected chi connectivity index (χ2v) is 14.3. The average Bonchev–Trinajstić information content (AvgIpc) is 3.34. The molecule has 1 aromatic heterocycles. The highest BCUT2D eigenvalue weighted by molar-refractivity contribution is 8.00. The largest absolute Gasteiger partial charge is 0.374 e. The maximum absolute atomic E-state index is 13.7. The normalized spacial score (nSPS) is 21.5. The molecule has 196 valence electrons. The highest BCUT2D eigenvalue weighted by Gasteiger charge is 2.33. The number of hydrogen-bond acceptors (Lipinski definition) is 7. The Kier molecular flexibility index (Phi) is 9.17. The quantitative estimate of drug-likeness (QED) is 0.405. The van der Waals surface area contributed by atoms with Crippen molar-refractivity contribution < 1.29 is 13.7 Å². The Hall–Kier alpha value is -1.26. The molecule has 3 aliphatic rings. The minimum Gasteiger partial charge on any atom is -0.374 e. The number of aromatic nitrogens is 1. The minimum absolute atomic E-state index is 0.0447. The summed E-state index contributed by atoms with van der Waals surface area (Å²) in [6.45, 7) is 4.60. The summed E-state index contributed by atoms with van der Waals surface area (Å²) < 4.78 is 18.2. The lowest BCUT2D eigenvalue weighted by atomic mass is 9.90. The van der Waals surface area contributed by atoms with Gasteiger partial charge in [0.1, 0.15) is 0 Å². The van der Waals surface area contributed by atoms with E-state index in [1.807, 2.05) is 18.0 Å². The fraction of sp³-hybridized carbons (Fsp3) is 0.630. The molecule has 1 aliphatic heterocycles. The van der Waals surface area contributed by atoms with Gasteiger partial charge in [0.05, 0.1) is 18.1 Å². The van der Waals surface area contributed by atoms with Gasteiger partial charge in [-0.3, -0.25) is 13.9 Å². The number of benzene rings is 1. The van der Waals surface area contributed by atoms with Gasteiger partial charge in [0.15, 0.2) is 5.13 Å². The summed E-state index contributed by atoms with van der Waals surface area (Å²) in [4.78, 5) is 22.9. The lowest BCUT2D eigenvalue weighted by Crippen LogP contribution is -2.36. The van der Waals surface area contributed by atoms with Gasteiger partial charge in [-0.25, -0.2) is 4.98 Å². The van der Waals surface area contributed by atoms with Gasteiger partial charge in [-0.1, -0.05) is 31.9 Å². The molecule has 1 amide bonds. The molecule has 2 saturated carbocycles. The van der Waals surface area contributed by atoms with Gasteiger partial charge in [0, 0.05) is 63.2 Å². The molecule has 0 radical (unpaired) electrons. The number of nitrogens with one attached hydrogen (secondary N) is 1. The molecule has 0 spiro atoms. The standard InChI is InChI=1S/C27H37N3O3S3/c1-2-24(33-20-5-3-4-6-20)25(19-7-9-21(10-8-19)34-22-11-12-22)26(31)29-27-28-17-23(35-27)18-30-13-15-36(32)16-14-30/h7-10,17,20,22,24-25H,2-6,11-16,18H2,1H3,(H,28,29,31). The predicted molar refractivity (Wildman–Crippen MR) is 149 cm³/mol. The molecule has 6 nitrogen and oxygen atoms in total. The molecule has 3 fully saturated rings. The van der Waals surface area contributed by atoms with E-state index < -0.39 is 10.8 Å². The summed E-state index contributed by atoms with van der Waals surface area (Å²) in [5.41, 5.74) is 1.01. The van der Waals surface area contributed by atoms with E-state index in [0.717, 1.165) is 66.1 Å². The topological polar surface area (TPSA) is 71.5 Å². The van der Waals surface area contributed by atoms with E-state index in [4.69, 9.17) is 4.74 Å². The van der Waals surface area contributed by atoms with Crippen LogP contribution >= 0.6 is 23.1 Å². The van der Waals surface area contributed by atoms with Crippen molar-refractivity contribution in [2.75, 3.05) is 29.9 Å². The van der Waals surface area contributed by atoms with E-state index >= 15 is 0 Å². The molecule has 2 aliphatic carbocycles. The minimum atomic E-state index is -0.679. The molecule has 2 unspecified atom stereocenters. The molecule has 5 rings (SSSR count). The monoisotopic (exact) mass is 547 g/mol. The van der Waals surface area contributed by atoms with Crippen molar-refractivity contribution in [3.8, 4) is 0 Å². The molecule has 36 heavy (non-hydrogen) atoms. The maximum Gasteiger partial charge on any atom is 0.236 e. The van der Waals surface area contributed by atoms with E-state index in [1.54, 1.807) is 0 Å². The van der Waals surface area contributed by atoms with Crippen molar-refractivity contribution in [2.24, 2.45) is 0 Å². The summed E-state index contributed by atoms with van der Waals surface area (Å²) in [5, 5.41) is 4.51. The smallest absolute Gasteiger partial charge is 0.236 e. The second-order valence-electron chi connectivity index (χ2n) is 10.1. The van der Waals surface area contributed by atoms with Gasteiger partial charge in [-0.2, -0.15) is 0 Å². The van der Waals surface area contributed by atoms with Crippen molar-refractivity contribution in [1.29, 1.82) is 0 Å². The Balaban J connectivity index is 1.28. The van der Waals surface area contributed by atoms with Crippen LogP contribution in [0.3, 0.4) is 0 Å². The summed E-state index contributed by atoms with van der Waals surface area (Å²) in [5.74, 6) is 1.06. The number of hydrogen-bond donors (Lipinski definition) is 1. The maximum atomic E-state index is 13.7. The van der Waals surface area contributed by atoms with Crippen LogP contribution in [0.15, 0.2) is 35.4 Å². The van der Waals surface area contributed by atoms with Gasteiger partial charge in [0.2, 0.25) is 5.91 Å². The zero-order valence-electron chi connectivity index (χ0n) is 21.0. The summed E-state index contributed by atoms with van der Waals surface area (Å²) in [6.07, 6.45) is 9.92. The number of carbonyl (C=O) groups is 1. The highest BCUT2D eigenvalue weighted by Crippen LogP contribution is 2.40. The molecule has 1 aromatic carbocycles. The Morgan fingerprint density at radius 2 is 1.92 bits per heavy atom. The third kappa shape index (κ3) is 7.19. The van der Waals surface area contributed by atoms with Crippen molar-refractivity contribution in [2.45, 2.75) is 86.7 Å². The fourth-order valence-corrected chi connectivity index (χ4v) is 8.06. The molecule has 2 aromatic rings. The number of carbonyl (C=O) groups excluding carboxylic acids is 1. The van der Waals surface area contributed by atoms with E-state index in [0.29, 0.717) is 5.13 Å². The van der Waals surface area contributed by atoms with Gasteiger partial charge >= 0.3 is 0 Å². The van der Waals surface area contributed by atoms with E-state index in [-0.39, 0.29) is 24.0 Å². The van der Waals surface area contributed by atoms with Gasteiger partial charge < -0.3 is 10.1 Å². The van der Waals surface area contributed by atoms with Crippen LogP contribution in [-0.2, 0) is 26.9 Å². The fourth-order valence-electron chi connectivity index (χ4n) is 5.02. The number of ether oxygens (including phenoxy) is 1. The average molecular weight is 548 g/mol. The van der Waals surface area contributed by atoms with Crippen LogP contribution in [0.25, 0.3) is 0 Å². The zero-order valence-corrected chi connectivity index (χ0v) is 23.5. The first-order valence-corrected chi connectivity index (χ1v) is 16.5. The van der Waals surface area contributed by atoms with E-state index in [1.165, 1.54) is 41.9 Å². The summed E-state index contributed by atoms with van der Waals surface area (Å²) >= 11 is 3.47. The number of rotatable bonds is 11. The Morgan fingerprint density at radius 3 is 2.58 bits per heavy atom. The SMILES string of the molecule is CCC(OC1CCCC1)C(C(=O)Nc1ncc(CN2CCS(=O)CC2)s1)c1ccc(SC2CC2)cc1. The molecule has 2 heterocycles. The van der Waals surface area contributed by atoms with Crippen LogP contribution in [0, 0.1) is 0 Å². The third-order valence-corrected chi connectivity index (χ3v) is 10.7. The van der Waals surface area contributed by atoms with Gasteiger partial charge in [-0.15, -0.1) is 23.1 Å². The van der Waals surface area contributed by atoms with E-state index in [9.17, 15) is 9.00 Å². The Morgan fingerprint density at radius 1 is 1.19 bits per heavy atom. The lowest BCUT2D eigenvalue weighted by molar-refractivity contribution is -0.123. The molecular formula is C27H37N3O3S3. The predicted octanol–water partition coefficient (Wildman–Crippen LogP) is 5.42. The van der Waals surface area contributed by atoms with Crippen LogP contribution < -0.4 is 5.32 Å². The zero-order chi connectivity index (χ0) is 24.9. The van der Waals surface area contributed by atoms with Crippen molar-refractivity contribution in [1.82, 2.24) is 9.88 Å².